The molecule has 0 aliphatic rings. The van der Waals surface area contributed by atoms with E-state index in [1.54, 1.807) is 6.21 Å². The molecule has 0 radical (unpaired) electrons. The van der Waals surface area contributed by atoms with Crippen LogP contribution in [0.1, 0.15) is 16.7 Å². The van der Waals surface area contributed by atoms with Crippen LogP contribution in [0.25, 0.3) is 10.8 Å². The minimum absolute atomic E-state index is 0.458. The summed E-state index contributed by atoms with van der Waals surface area (Å²) in [6.07, 6.45) is 1.77. The molecular weight excluding hydrogens is 401 g/mol. The van der Waals surface area contributed by atoms with Gasteiger partial charge in [0.25, 0.3) is 0 Å². The fourth-order valence-corrected chi connectivity index (χ4v) is 3.53. The quantitative estimate of drug-likeness (QED) is 0.302. The van der Waals surface area contributed by atoms with Crippen molar-refractivity contribution in [2.45, 2.75) is 13.5 Å². The van der Waals surface area contributed by atoms with Crippen LogP contribution in [-0.2, 0) is 6.61 Å². The lowest BCUT2D eigenvalue weighted by Gasteiger charge is -2.11. The molecule has 4 aromatic rings. The molecule has 0 fully saturated rings. The van der Waals surface area contributed by atoms with Crippen molar-refractivity contribution in [2.24, 2.45) is 4.99 Å². The molecule has 4 rings (SSSR count). The SMILES string of the molecule is Cc1ccc(Cl)cc1N=Cc1cc(Cl)ccc1OCc1cccc2ccccc12. The van der Waals surface area contributed by atoms with Crippen molar-refractivity contribution >= 4 is 45.9 Å². The average molecular weight is 420 g/mol. The molecule has 0 saturated carbocycles. The number of halogens is 2. The van der Waals surface area contributed by atoms with Crippen molar-refractivity contribution in [3.8, 4) is 5.75 Å². The summed E-state index contributed by atoms with van der Waals surface area (Å²) in [6.45, 7) is 2.46. The number of hydrogen-bond acceptors (Lipinski definition) is 2. The first-order valence-corrected chi connectivity index (χ1v) is 10.0. The van der Waals surface area contributed by atoms with Crippen LogP contribution in [0.4, 0.5) is 5.69 Å². The van der Waals surface area contributed by atoms with Gasteiger partial charge in [-0.05, 0) is 59.2 Å². The second kappa shape index (κ2) is 8.69. The molecule has 0 aromatic heterocycles. The van der Waals surface area contributed by atoms with Gasteiger partial charge in [-0.1, -0.05) is 71.7 Å². The van der Waals surface area contributed by atoms with E-state index in [0.29, 0.717) is 16.7 Å². The molecule has 0 atom stereocenters. The molecule has 0 bridgehead atoms. The molecule has 0 N–H and O–H groups in total. The number of fused-ring (bicyclic) bond motifs is 1. The van der Waals surface area contributed by atoms with Crippen molar-refractivity contribution in [1.29, 1.82) is 0 Å². The van der Waals surface area contributed by atoms with Gasteiger partial charge < -0.3 is 4.74 Å². The lowest BCUT2D eigenvalue weighted by Crippen LogP contribution is -1.99. The van der Waals surface area contributed by atoms with E-state index in [4.69, 9.17) is 27.9 Å². The standard InChI is InChI=1S/C25H19Cl2NO/c1-17-9-10-22(27)14-24(17)28-15-20-13-21(26)11-12-25(20)29-16-19-7-4-6-18-5-2-3-8-23(18)19/h2-15H,16H2,1H3. The maximum atomic E-state index is 6.21. The molecule has 0 amide bonds. The number of rotatable bonds is 5. The maximum Gasteiger partial charge on any atom is 0.128 e. The lowest BCUT2D eigenvalue weighted by atomic mass is 10.1. The van der Waals surface area contributed by atoms with Crippen molar-refractivity contribution in [3.63, 3.8) is 0 Å². The van der Waals surface area contributed by atoms with Gasteiger partial charge in [0.1, 0.15) is 12.4 Å². The Bertz CT molecular complexity index is 1200. The molecule has 0 aliphatic heterocycles. The number of benzene rings is 4. The van der Waals surface area contributed by atoms with Crippen molar-refractivity contribution in [2.75, 3.05) is 0 Å². The maximum absolute atomic E-state index is 6.21. The van der Waals surface area contributed by atoms with Crippen LogP contribution in [-0.4, -0.2) is 6.21 Å². The Morgan fingerprint density at radius 1 is 0.862 bits per heavy atom. The zero-order valence-corrected chi connectivity index (χ0v) is 17.4. The summed E-state index contributed by atoms with van der Waals surface area (Å²) < 4.78 is 6.15. The first kappa shape index (κ1) is 19.5. The van der Waals surface area contributed by atoms with Gasteiger partial charge >= 0.3 is 0 Å². The summed E-state index contributed by atoms with van der Waals surface area (Å²) in [7, 11) is 0. The van der Waals surface area contributed by atoms with Crippen LogP contribution in [0.2, 0.25) is 10.0 Å². The number of aryl methyl sites for hydroxylation is 1. The molecule has 29 heavy (non-hydrogen) atoms. The van der Waals surface area contributed by atoms with Gasteiger partial charge in [-0.2, -0.15) is 0 Å². The summed E-state index contributed by atoms with van der Waals surface area (Å²) >= 11 is 12.3. The smallest absolute Gasteiger partial charge is 0.128 e. The highest BCUT2D eigenvalue weighted by atomic mass is 35.5. The van der Waals surface area contributed by atoms with Crippen LogP contribution < -0.4 is 4.74 Å². The largest absolute Gasteiger partial charge is 0.488 e. The Kier molecular flexibility index (Phi) is 5.84. The molecule has 0 spiro atoms. The van der Waals surface area contributed by atoms with Crippen LogP contribution >= 0.6 is 23.2 Å². The summed E-state index contributed by atoms with van der Waals surface area (Å²) in [4.78, 5) is 4.60. The first-order valence-electron chi connectivity index (χ1n) is 9.29. The summed E-state index contributed by atoms with van der Waals surface area (Å²) in [5.74, 6) is 0.728. The molecule has 0 saturated heterocycles. The number of hydrogen-bond donors (Lipinski definition) is 0. The molecule has 0 unspecified atom stereocenters. The number of aliphatic imine (C=N–C) groups is 1. The van der Waals surface area contributed by atoms with Gasteiger partial charge in [0, 0.05) is 21.8 Å². The topological polar surface area (TPSA) is 21.6 Å². The van der Waals surface area contributed by atoms with Gasteiger partial charge in [-0.25, -0.2) is 0 Å². The summed E-state index contributed by atoms with van der Waals surface area (Å²) in [6, 6.07) is 25.7. The van der Waals surface area contributed by atoms with E-state index in [-0.39, 0.29) is 0 Å². The Balaban J connectivity index is 1.61. The summed E-state index contributed by atoms with van der Waals surface area (Å²) in [5, 5.41) is 3.67. The van der Waals surface area contributed by atoms with E-state index in [1.165, 1.54) is 10.8 Å². The molecule has 0 heterocycles. The van der Waals surface area contributed by atoms with Crippen molar-refractivity contribution < 1.29 is 4.74 Å². The Morgan fingerprint density at radius 3 is 2.52 bits per heavy atom. The van der Waals surface area contributed by atoms with Gasteiger partial charge in [0.15, 0.2) is 0 Å². The van der Waals surface area contributed by atoms with E-state index >= 15 is 0 Å². The van der Waals surface area contributed by atoms with E-state index in [0.717, 1.165) is 28.1 Å². The minimum atomic E-state index is 0.458. The molecule has 4 aromatic carbocycles. The second-order valence-electron chi connectivity index (χ2n) is 6.80. The van der Waals surface area contributed by atoms with E-state index in [2.05, 4.69) is 29.3 Å². The van der Waals surface area contributed by atoms with Crippen LogP contribution in [0.15, 0.2) is 83.9 Å². The fraction of sp³-hybridized carbons (Fsp3) is 0.0800. The predicted octanol–water partition coefficient (Wildman–Crippen LogP) is 7.78. The molecule has 0 aliphatic carbocycles. The van der Waals surface area contributed by atoms with Crippen LogP contribution in [0.3, 0.4) is 0 Å². The van der Waals surface area contributed by atoms with Gasteiger partial charge in [0.05, 0.1) is 5.69 Å². The molecule has 4 heteroatoms. The van der Waals surface area contributed by atoms with E-state index in [9.17, 15) is 0 Å². The zero-order valence-electron chi connectivity index (χ0n) is 15.9. The predicted molar refractivity (Wildman–Crippen MR) is 123 cm³/mol. The lowest BCUT2D eigenvalue weighted by molar-refractivity contribution is 0.307. The molecule has 2 nitrogen and oxygen atoms in total. The highest BCUT2D eigenvalue weighted by molar-refractivity contribution is 6.31. The van der Waals surface area contributed by atoms with Crippen LogP contribution in [0.5, 0.6) is 5.75 Å². The monoisotopic (exact) mass is 419 g/mol. The van der Waals surface area contributed by atoms with Crippen molar-refractivity contribution in [3.05, 3.63) is 106 Å². The highest BCUT2D eigenvalue weighted by Gasteiger charge is 2.06. The zero-order chi connectivity index (χ0) is 20.2. The Hall–Kier alpha value is -2.81. The Labute approximate surface area is 180 Å². The average Bonchev–Trinajstić information content (AvgIpc) is 2.73. The fourth-order valence-electron chi connectivity index (χ4n) is 3.19. The normalized spacial score (nSPS) is 11.3. The van der Waals surface area contributed by atoms with Gasteiger partial charge in [0.2, 0.25) is 0 Å². The second-order valence-corrected chi connectivity index (χ2v) is 7.67. The Morgan fingerprint density at radius 2 is 1.62 bits per heavy atom. The van der Waals surface area contributed by atoms with Crippen molar-refractivity contribution in [1.82, 2.24) is 0 Å². The van der Waals surface area contributed by atoms with E-state index < -0.39 is 0 Å². The minimum Gasteiger partial charge on any atom is -0.488 e. The first-order chi connectivity index (χ1) is 14.1. The third kappa shape index (κ3) is 4.61. The third-order valence-corrected chi connectivity index (χ3v) is 5.22. The van der Waals surface area contributed by atoms with Gasteiger partial charge in [-0.3, -0.25) is 4.99 Å². The van der Waals surface area contributed by atoms with Crippen LogP contribution in [0, 0.1) is 6.92 Å². The van der Waals surface area contributed by atoms with E-state index in [1.807, 2.05) is 61.5 Å². The van der Waals surface area contributed by atoms with Gasteiger partial charge in [-0.15, -0.1) is 0 Å². The third-order valence-electron chi connectivity index (χ3n) is 4.75. The highest BCUT2D eigenvalue weighted by Crippen LogP contribution is 2.27. The molecular formula is C25H19Cl2NO. The summed E-state index contributed by atoms with van der Waals surface area (Å²) in [5.41, 5.74) is 3.81. The molecule has 144 valence electrons. The number of ether oxygens (including phenoxy) is 1. The number of nitrogens with zero attached hydrogens (tertiary/aromatic N) is 1.